The first-order chi connectivity index (χ1) is 8.80. The van der Waals surface area contributed by atoms with Crippen molar-refractivity contribution in [2.24, 2.45) is 0 Å². The molecule has 2 heterocycles. The van der Waals surface area contributed by atoms with Gasteiger partial charge in [0.05, 0.1) is 5.69 Å². The molecule has 1 aromatic rings. The molecule has 0 saturated carbocycles. The van der Waals surface area contributed by atoms with Gasteiger partial charge in [-0.1, -0.05) is 0 Å². The summed E-state index contributed by atoms with van der Waals surface area (Å²) in [4.78, 5) is 16.6. The van der Waals surface area contributed by atoms with E-state index in [1.54, 1.807) is 0 Å². The first-order valence-electron chi connectivity index (χ1n) is 5.87. The number of nitrogens with zero attached hydrogens (tertiary/aromatic N) is 3. The van der Waals surface area contributed by atoms with E-state index in [-0.39, 0.29) is 12.5 Å². The molecule has 1 aromatic heterocycles. The molecular weight excluding hydrogens is 261 g/mol. The number of hydrogen-bond donors (Lipinski definition) is 1. The van der Waals surface area contributed by atoms with Crippen molar-refractivity contribution in [3.05, 3.63) is 17.2 Å². The Morgan fingerprint density at radius 1 is 1.47 bits per heavy atom. The van der Waals surface area contributed by atoms with Crippen molar-refractivity contribution in [2.75, 3.05) is 20.6 Å². The molecule has 0 radical (unpaired) electrons. The molecule has 1 aliphatic rings. The minimum absolute atomic E-state index is 0.307. The van der Waals surface area contributed by atoms with Crippen LogP contribution in [0, 0.1) is 0 Å². The normalized spacial score (nSPS) is 15.2. The van der Waals surface area contributed by atoms with Gasteiger partial charge in [-0.3, -0.25) is 4.79 Å². The SMILES string of the molecule is CN(C)C(=O)Cn1c(C(F)(F)F)nc2c1CCNC2. The lowest BCUT2D eigenvalue weighted by molar-refractivity contribution is -0.148. The van der Waals surface area contributed by atoms with Crippen molar-refractivity contribution in [1.29, 1.82) is 0 Å². The second kappa shape index (κ2) is 4.84. The van der Waals surface area contributed by atoms with Gasteiger partial charge in [0.15, 0.2) is 0 Å². The summed E-state index contributed by atoms with van der Waals surface area (Å²) in [6.07, 6.45) is -4.11. The van der Waals surface area contributed by atoms with Crippen LogP contribution < -0.4 is 5.32 Å². The maximum Gasteiger partial charge on any atom is 0.449 e. The maximum absolute atomic E-state index is 13.0. The smallest absolute Gasteiger partial charge is 0.347 e. The lowest BCUT2D eigenvalue weighted by atomic mass is 10.2. The number of imidazole rings is 1. The van der Waals surface area contributed by atoms with Crippen molar-refractivity contribution >= 4 is 5.91 Å². The van der Waals surface area contributed by atoms with Crippen LogP contribution in [-0.4, -0.2) is 41.0 Å². The van der Waals surface area contributed by atoms with Crippen molar-refractivity contribution in [1.82, 2.24) is 19.8 Å². The maximum atomic E-state index is 13.0. The van der Waals surface area contributed by atoms with E-state index in [2.05, 4.69) is 10.3 Å². The van der Waals surface area contributed by atoms with Gasteiger partial charge in [-0.25, -0.2) is 4.98 Å². The quantitative estimate of drug-likeness (QED) is 0.862. The molecule has 1 amide bonds. The molecule has 0 unspecified atom stereocenters. The number of aromatic nitrogens is 2. The lowest BCUT2D eigenvalue weighted by Crippen LogP contribution is -2.31. The Labute approximate surface area is 108 Å². The fraction of sp³-hybridized carbons (Fsp3) is 0.636. The van der Waals surface area contributed by atoms with E-state index < -0.39 is 12.0 Å². The van der Waals surface area contributed by atoms with Crippen molar-refractivity contribution in [3.63, 3.8) is 0 Å². The van der Waals surface area contributed by atoms with Crippen LogP contribution >= 0.6 is 0 Å². The molecule has 1 aliphatic heterocycles. The molecule has 1 N–H and O–H groups in total. The number of nitrogens with one attached hydrogen (secondary N) is 1. The minimum Gasteiger partial charge on any atom is -0.347 e. The molecular formula is C11H15F3N4O. The number of rotatable bonds is 2. The molecule has 0 spiro atoms. The van der Waals surface area contributed by atoms with E-state index >= 15 is 0 Å². The number of likely N-dealkylation sites (N-methyl/N-ethyl adjacent to an activating group) is 1. The van der Waals surface area contributed by atoms with E-state index in [0.717, 1.165) is 4.57 Å². The molecule has 8 heteroatoms. The standard InChI is InChI=1S/C11H15F3N4O/c1-17(2)9(19)6-18-8-3-4-15-5-7(8)16-10(18)11(12,13)14/h15H,3-6H2,1-2H3. The highest BCUT2D eigenvalue weighted by Crippen LogP contribution is 2.31. The van der Waals surface area contributed by atoms with Crippen LogP contribution in [0.2, 0.25) is 0 Å². The predicted octanol–water partition coefficient (Wildman–Crippen LogP) is 0.636. The molecule has 2 rings (SSSR count). The zero-order valence-electron chi connectivity index (χ0n) is 10.7. The van der Waals surface area contributed by atoms with Crippen LogP contribution in [0.3, 0.4) is 0 Å². The van der Waals surface area contributed by atoms with E-state index in [1.165, 1.54) is 19.0 Å². The fourth-order valence-electron chi connectivity index (χ4n) is 2.03. The van der Waals surface area contributed by atoms with Crippen LogP contribution in [0.25, 0.3) is 0 Å². The third-order valence-corrected chi connectivity index (χ3v) is 3.03. The molecule has 0 bridgehead atoms. The highest BCUT2D eigenvalue weighted by molar-refractivity contribution is 5.75. The molecule has 0 fully saturated rings. The number of hydrogen-bond acceptors (Lipinski definition) is 3. The molecule has 19 heavy (non-hydrogen) atoms. The fourth-order valence-corrected chi connectivity index (χ4v) is 2.03. The van der Waals surface area contributed by atoms with Gasteiger partial charge >= 0.3 is 6.18 Å². The molecule has 106 valence electrons. The average molecular weight is 276 g/mol. The van der Waals surface area contributed by atoms with Crippen LogP contribution in [-0.2, 0) is 30.5 Å². The summed E-state index contributed by atoms with van der Waals surface area (Å²) in [6, 6.07) is 0. The molecule has 5 nitrogen and oxygen atoms in total. The largest absolute Gasteiger partial charge is 0.449 e. The molecule has 0 aromatic carbocycles. The third kappa shape index (κ3) is 2.73. The van der Waals surface area contributed by atoms with E-state index in [0.29, 0.717) is 30.9 Å². The van der Waals surface area contributed by atoms with Gasteiger partial charge in [-0.15, -0.1) is 0 Å². The average Bonchev–Trinajstić information content (AvgIpc) is 2.68. The van der Waals surface area contributed by atoms with Crippen molar-refractivity contribution < 1.29 is 18.0 Å². The molecule has 0 saturated heterocycles. The molecule has 0 aliphatic carbocycles. The first kappa shape index (κ1) is 13.9. The number of amides is 1. The van der Waals surface area contributed by atoms with E-state index in [1.807, 2.05) is 0 Å². The van der Waals surface area contributed by atoms with Gasteiger partial charge in [0.2, 0.25) is 11.7 Å². The second-order valence-corrected chi connectivity index (χ2v) is 4.63. The number of carbonyl (C=O) groups is 1. The summed E-state index contributed by atoms with van der Waals surface area (Å²) < 4.78 is 39.9. The van der Waals surface area contributed by atoms with Crippen LogP contribution in [0.4, 0.5) is 13.2 Å². The highest BCUT2D eigenvalue weighted by Gasteiger charge is 2.39. The number of carbonyl (C=O) groups excluding carboxylic acids is 1. The highest BCUT2D eigenvalue weighted by atomic mass is 19.4. The van der Waals surface area contributed by atoms with Crippen LogP contribution in [0.15, 0.2) is 0 Å². The summed E-state index contributed by atoms with van der Waals surface area (Å²) >= 11 is 0. The summed E-state index contributed by atoms with van der Waals surface area (Å²) in [6.45, 7) is 0.567. The topological polar surface area (TPSA) is 50.2 Å². The Hall–Kier alpha value is -1.57. The monoisotopic (exact) mass is 276 g/mol. The van der Waals surface area contributed by atoms with Gasteiger partial charge < -0.3 is 14.8 Å². The summed E-state index contributed by atoms with van der Waals surface area (Å²) in [5.74, 6) is -1.37. The Morgan fingerprint density at radius 2 is 2.16 bits per heavy atom. The Balaban J connectivity index is 2.43. The second-order valence-electron chi connectivity index (χ2n) is 4.63. The summed E-state index contributed by atoms with van der Waals surface area (Å²) in [5, 5.41) is 2.97. The van der Waals surface area contributed by atoms with Gasteiger partial charge in [0, 0.05) is 39.3 Å². The third-order valence-electron chi connectivity index (χ3n) is 3.03. The van der Waals surface area contributed by atoms with Crippen molar-refractivity contribution in [2.45, 2.75) is 25.7 Å². The minimum atomic E-state index is -4.55. The van der Waals surface area contributed by atoms with Crippen LogP contribution in [0.1, 0.15) is 17.2 Å². The lowest BCUT2D eigenvalue weighted by Gasteiger charge is -2.18. The van der Waals surface area contributed by atoms with Crippen molar-refractivity contribution in [3.8, 4) is 0 Å². The zero-order valence-corrected chi connectivity index (χ0v) is 10.7. The molecule has 0 atom stereocenters. The van der Waals surface area contributed by atoms with Gasteiger partial charge in [0.1, 0.15) is 6.54 Å². The van der Waals surface area contributed by atoms with Gasteiger partial charge in [-0.2, -0.15) is 13.2 Å². The first-order valence-corrected chi connectivity index (χ1v) is 5.87. The van der Waals surface area contributed by atoms with Crippen LogP contribution in [0.5, 0.6) is 0 Å². The summed E-state index contributed by atoms with van der Waals surface area (Å²) in [5.41, 5.74) is 0.881. The Bertz CT molecular complexity index is 493. The predicted molar refractivity (Wildman–Crippen MR) is 61.3 cm³/mol. The number of fused-ring (bicyclic) bond motifs is 1. The zero-order chi connectivity index (χ0) is 14.2. The summed E-state index contributed by atoms with van der Waals surface area (Å²) in [7, 11) is 3.03. The van der Waals surface area contributed by atoms with Gasteiger partial charge in [-0.05, 0) is 0 Å². The Kier molecular flexibility index (Phi) is 3.53. The van der Waals surface area contributed by atoms with E-state index in [9.17, 15) is 18.0 Å². The Morgan fingerprint density at radius 3 is 2.74 bits per heavy atom. The van der Waals surface area contributed by atoms with Gasteiger partial charge in [0.25, 0.3) is 0 Å². The number of halogens is 3. The number of alkyl halides is 3. The van der Waals surface area contributed by atoms with E-state index in [4.69, 9.17) is 0 Å².